The van der Waals surface area contributed by atoms with Crippen molar-refractivity contribution in [3.63, 3.8) is 0 Å². The van der Waals surface area contributed by atoms with E-state index < -0.39 is 4.92 Å². The van der Waals surface area contributed by atoms with Gasteiger partial charge in [-0.2, -0.15) is 5.10 Å². The molecule has 2 aromatic rings. The van der Waals surface area contributed by atoms with Crippen molar-refractivity contribution >= 4 is 33.5 Å². The molecule has 7 heteroatoms. The van der Waals surface area contributed by atoms with Gasteiger partial charge in [-0.25, -0.2) is 0 Å². The second kappa shape index (κ2) is 6.36. The number of aryl methyl sites for hydroxylation is 1. The number of phenols is 1. The lowest BCUT2D eigenvalue weighted by atomic mass is 10.2. The summed E-state index contributed by atoms with van der Waals surface area (Å²) in [5.41, 5.74) is 4.78. The van der Waals surface area contributed by atoms with Crippen molar-refractivity contribution < 1.29 is 10.0 Å². The zero-order valence-electron chi connectivity index (χ0n) is 11.1. The minimum absolute atomic E-state index is 0.101. The highest BCUT2D eigenvalue weighted by atomic mass is 79.9. The number of non-ortho nitro benzene ring substituents is 1. The van der Waals surface area contributed by atoms with Crippen LogP contribution >= 0.6 is 15.9 Å². The summed E-state index contributed by atoms with van der Waals surface area (Å²) in [5, 5.41) is 24.7. The summed E-state index contributed by atoms with van der Waals surface area (Å²) in [7, 11) is 0. The first-order chi connectivity index (χ1) is 9.99. The van der Waals surface area contributed by atoms with Gasteiger partial charge in [0, 0.05) is 17.7 Å². The van der Waals surface area contributed by atoms with Crippen molar-refractivity contribution in [3.05, 3.63) is 62.1 Å². The van der Waals surface area contributed by atoms with Crippen LogP contribution in [0.4, 0.5) is 11.4 Å². The van der Waals surface area contributed by atoms with Crippen LogP contribution in [0.1, 0.15) is 11.1 Å². The SMILES string of the molecule is Cc1ccccc1N/N=C\c1cc([N+](=O)[O-])cc(Br)c1O. The maximum Gasteiger partial charge on any atom is 0.271 e. The molecule has 2 rings (SSSR count). The monoisotopic (exact) mass is 349 g/mol. The summed E-state index contributed by atoms with van der Waals surface area (Å²) in [6.45, 7) is 1.93. The van der Waals surface area contributed by atoms with Gasteiger partial charge in [0.1, 0.15) is 5.75 Å². The summed E-state index contributed by atoms with van der Waals surface area (Å²) in [5.74, 6) is -0.101. The molecule has 0 bridgehead atoms. The summed E-state index contributed by atoms with van der Waals surface area (Å²) >= 11 is 3.08. The highest BCUT2D eigenvalue weighted by Gasteiger charge is 2.13. The molecular formula is C14H12BrN3O3. The van der Waals surface area contributed by atoms with Gasteiger partial charge in [-0.3, -0.25) is 15.5 Å². The Balaban J connectivity index is 2.25. The van der Waals surface area contributed by atoms with Gasteiger partial charge in [0.25, 0.3) is 5.69 Å². The largest absolute Gasteiger partial charge is 0.506 e. The number of phenolic OH excluding ortho intramolecular Hbond substituents is 1. The number of para-hydroxylation sites is 1. The van der Waals surface area contributed by atoms with Crippen LogP contribution in [0.2, 0.25) is 0 Å². The Morgan fingerprint density at radius 2 is 2.10 bits per heavy atom. The van der Waals surface area contributed by atoms with Gasteiger partial charge in [-0.05, 0) is 34.5 Å². The van der Waals surface area contributed by atoms with Crippen molar-refractivity contribution in [2.75, 3.05) is 5.43 Å². The van der Waals surface area contributed by atoms with E-state index in [4.69, 9.17) is 0 Å². The van der Waals surface area contributed by atoms with E-state index in [1.54, 1.807) is 0 Å². The van der Waals surface area contributed by atoms with Crippen LogP contribution in [0.3, 0.4) is 0 Å². The lowest BCUT2D eigenvalue weighted by molar-refractivity contribution is -0.385. The van der Waals surface area contributed by atoms with E-state index in [0.29, 0.717) is 0 Å². The van der Waals surface area contributed by atoms with Gasteiger partial charge < -0.3 is 5.11 Å². The van der Waals surface area contributed by atoms with Crippen molar-refractivity contribution in [3.8, 4) is 5.75 Å². The number of benzene rings is 2. The Bertz CT molecular complexity index is 717. The topological polar surface area (TPSA) is 87.8 Å². The predicted molar refractivity (Wildman–Crippen MR) is 84.9 cm³/mol. The van der Waals surface area contributed by atoms with Gasteiger partial charge in [-0.15, -0.1) is 0 Å². The van der Waals surface area contributed by atoms with E-state index in [2.05, 4.69) is 26.5 Å². The molecule has 2 aromatic carbocycles. The van der Waals surface area contributed by atoms with Crippen molar-refractivity contribution in [2.45, 2.75) is 6.92 Å². The maximum absolute atomic E-state index is 10.8. The third kappa shape index (κ3) is 3.57. The summed E-state index contributed by atoms with van der Waals surface area (Å²) in [6.07, 6.45) is 1.33. The number of nitro groups is 1. The Morgan fingerprint density at radius 1 is 1.38 bits per heavy atom. The summed E-state index contributed by atoms with van der Waals surface area (Å²) in [4.78, 5) is 10.3. The predicted octanol–water partition coefficient (Wildman–Crippen LogP) is 3.82. The summed E-state index contributed by atoms with van der Waals surface area (Å²) in [6, 6.07) is 10.1. The van der Waals surface area contributed by atoms with E-state index in [-0.39, 0.29) is 21.5 Å². The molecule has 0 aliphatic rings. The van der Waals surface area contributed by atoms with E-state index in [9.17, 15) is 15.2 Å². The molecule has 0 amide bonds. The van der Waals surface area contributed by atoms with Crippen molar-refractivity contribution in [2.24, 2.45) is 5.10 Å². The molecule has 0 saturated carbocycles. The number of hydrazone groups is 1. The molecule has 0 fully saturated rings. The number of nitrogens with one attached hydrogen (secondary N) is 1. The lowest BCUT2D eigenvalue weighted by Crippen LogP contribution is -1.95. The molecular weight excluding hydrogens is 338 g/mol. The molecule has 0 radical (unpaired) electrons. The minimum Gasteiger partial charge on any atom is -0.506 e. The Morgan fingerprint density at radius 3 is 2.76 bits per heavy atom. The van der Waals surface area contributed by atoms with Gasteiger partial charge in [0.2, 0.25) is 0 Å². The molecule has 21 heavy (non-hydrogen) atoms. The molecule has 0 saturated heterocycles. The third-order valence-electron chi connectivity index (χ3n) is 2.82. The van der Waals surface area contributed by atoms with Gasteiger partial charge in [0.05, 0.1) is 21.3 Å². The molecule has 0 spiro atoms. The van der Waals surface area contributed by atoms with E-state index in [1.807, 2.05) is 31.2 Å². The summed E-state index contributed by atoms with van der Waals surface area (Å²) < 4.78 is 0.244. The average Bonchev–Trinajstić information content (AvgIpc) is 2.45. The molecule has 0 aliphatic carbocycles. The van der Waals surface area contributed by atoms with Crippen LogP contribution in [-0.4, -0.2) is 16.2 Å². The number of halogens is 1. The first-order valence-corrected chi connectivity index (χ1v) is 6.80. The van der Waals surface area contributed by atoms with Crippen molar-refractivity contribution in [1.29, 1.82) is 0 Å². The molecule has 0 heterocycles. The van der Waals surface area contributed by atoms with Crippen LogP contribution < -0.4 is 5.43 Å². The number of anilines is 1. The van der Waals surface area contributed by atoms with Gasteiger partial charge >= 0.3 is 0 Å². The molecule has 0 aliphatic heterocycles. The number of nitro benzene ring substituents is 1. The van der Waals surface area contributed by atoms with E-state index in [0.717, 1.165) is 11.3 Å². The fourth-order valence-corrected chi connectivity index (χ4v) is 2.14. The second-order valence-electron chi connectivity index (χ2n) is 4.31. The second-order valence-corrected chi connectivity index (χ2v) is 5.16. The van der Waals surface area contributed by atoms with Crippen LogP contribution in [-0.2, 0) is 0 Å². The number of aromatic hydroxyl groups is 1. The van der Waals surface area contributed by atoms with Crippen molar-refractivity contribution in [1.82, 2.24) is 0 Å². The first kappa shape index (κ1) is 15.0. The fourth-order valence-electron chi connectivity index (χ4n) is 1.68. The lowest BCUT2D eigenvalue weighted by Gasteiger charge is -2.04. The zero-order valence-corrected chi connectivity index (χ0v) is 12.7. The van der Waals surface area contributed by atoms with Gasteiger partial charge in [0.15, 0.2) is 0 Å². The molecule has 0 unspecified atom stereocenters. The number of rotatable bonds is 4. The van der Waals surface area contributed by atoms with E-state index >= 15 is 0 Å². The Labute approximate surface area is 129 Å². The first-order valence-electron chi connectivity index (χ1n) is 6.00. The number of nitrogens with zero attached hydrogens (tertiary/aromatic N) is 2. The quantitative estimate of drug-likeness (QED) is 0.499. The Kier molecular flexibility index (Phi) is 4.54. The molecule has 2 N–H and O–H groups in total. The normalized spacial score (nSPS) is 10.8. The van der Waals surface area contributed by atoms with Crippen LogP contribution in [0.15, 0.2) is 46.0 Å². The molecule has 0 atom stereocenters. The zero-order chi connectivity index (χ0) is 15.4. The van der Waals surface area contributed by atoms with Gasteiger partial charge in [-0.1, -0.05) is 18.2 Å². The number of hydrogen-bond acceptors (Lipinski definition) is 5. The average molecular weight is 350 g/mol. The van der Waals surface area contributed by atoms with Crippen LogP contribution in [0, 0.1) is 17.0 Å². The van der Waals surface area contributed by atoms with Crippen LogP contribution in [0.25, 0.3) is 0 Å². The number of hydrogen-bond donors (Lipinski definition) is 2. The highest BCUT2D eigenvalue weighted by Crippen LogP contribution is 2.31. The van der Waals surface area contributed by atoms with E-state index in [1.165, 1.54) is 18.3 Å². The highest BCUT2D eigenvalue weighted by molar-refractivity contribution is 9.10. The van der Waals surface area contributed by atoms with Crippen LogP contribution in [0.5, 0.6) is 5.75 Å². The molecule has 0 aromatic heterocycles. The molecule has 6 nitrogen and oxygen atoms in total. The Hall–Kier alpha value is -2.41. The maximum atomic E-state index is 10.8. The standard InChI is InChI=1S/C14H12BrN3O3/c1-9-4-2-3-5-13(9)17-16-8-10-6-11(18(20)21)7-12(15)14(10)19/h2-8,17,19H,1H3/b16-8-. The fraction of sp³-hybridized carbons (Fsp3) is 0.0714. The third-order valence-corrected chi connectivity index (χ3v) is 3.43. The minimum atomic E-state index is -0.531. The smallest absolute Gasteiger partial charge is 0.271 e. The molecule has 108 valence electrons.